The molecule has 10 nitrogen and oxygen atoms in total. The minimum Gasteiger partial charge on any atom is -0.490 e. The minimum absolute atomic E-state index is 0.00262. The molecule has 2 aromatic carbocycles. The Hall–Kier alpha value is -3.44. The van der Waals surface area contributed by atoms with Crippen LogP contribution in [0.1, 0.15) is 26.1 Å². The number of nitrogens with one attached hydrogen (secondary N) is 3. The van der Waals surface area contributed by atoms with Crippen LogP contribution in [0, 0.1) is 12.8 Å². The first kappa shape index (κ1) is 23.7. The highest BCUT2D eigenvalue weighted by molar-refractivity contribution is 7.89. The third-order valence-corrected chi connectivity index (χ3v) is 6.68. The lowest BCUT2D eigenvalue weighted by Gasteiger charge is -2.22. The Bertz CT molecular complexity index is 1290. The topological polar surface area (TPSA) is 135 Å². The molecule has 34 heavy (non-hydrogen) atoms. The minimum atomic E-state index is -4.01. The van der Waals surface area contributed by atoms with Gasteiger partial charge in [0.1, 0.15) is 11.9 Å². The molecule has 0 radical (unpaired) electrons. The van der Waals surface area contributed by atoms with Gasteiger partial charge in [0, 0.05) is 23.7 Å². The van der Waals surface area contributed by atoms with Crippen molar-refractivity contribution in [3.8, 4) is 22.9 Å². The van der Waals surface area contributed by atoms with Gasteiger partial charge in [-0.1, -0.05) is 26.0 Å². The van der Waals surface area contributed by atoms with Crippen LogP contribution >= 0.6 is 0 Å². The number of anilines is 1. The van der Waals surface area contributed by atoms with Gasteiger partial charge in [-0.3, -0.25) is 9.89 Å². The molecule has 4 rings (SSSR count). The molecule has 0 bridgehead atoms. The number of fused-ring (bicyclic) bond motifs is 1. The second-order valence-corrected chi connectivity index (χ2v) is 10.0. The summed E-state index contributed by atoms with van der Waals surface area (Å²) in [6, 6.07) is 10.5. The largest absolute Gasteiger partial charge is 0.490 e. The molecule has 0 spiro atoms. The molecule has 3 N–H and O–H groups in total. The maximum absolute atomic E-state index is 13.1. The van der Waals surface area contributed by atoms with Crippen molar-refractivity contribution in [3.05, 3.63) is 48.3 Å². The van der Waals surface area contributed by atoms with Gasteiger partial charge in [0.05, 0.1) is 18.1 Å². The monoisotopic (exact) mass is 485 g/mol. The van der Waals surface area contributed by atoms with Crippen LogP contribution < -0.4 is 19.5 Å². The van der Waals surface area contributed by atoms with Gasteiger partial charge in [0.15, 0.2) is 17.3 Å². The molecule has 1 unspecified atom stereocenters. The molecule has 1 aliphatic rings. The van der Waals surface area contributed by atoms with Crippen LogP contribution in [0.4, 0.5) is 5.69 Å². The summed E-state index contributed by atoms with van der Waals surface area (Å²) in [5.41, 5.74) is 1.22. The molecule has 1 aliphatic heterocycles. The number of benzene rings is 2. The van der Waals surface area contributed by atoms with E-state index in [-0.39, 0.29) is 10.8 Å². The second-order valence-electron chi connectivity index (χ2n) is 8.32. The van der Waals surface area contributed by atoms with Crippen LogP contribution in [-0.4, -0.2) is 48.8 Å². The number of hydrogen-bond donors (Lipinski definition) is 3. The van der Waals surface area contributed by atoms with Crippen molar-refractivity contribution in [2.45, 2.75) is 38.1 Å². The van der Waals surface area contributed by atoms with Crippen molar-refractivity contribution >= 4 is 21.6 Å². The number of rotatable bonds is 7. The fourth-order valence-electron chi connectivity index (χ4n) is 3.47. The third kappa shape index (κ3) is 5.37. The summed E-state index contributed by atoms with van der Waals surface area (Å²) >= 11 is 0. The predicted octanol–water partition coefficient (Wildman–Crippen LogP) is 2.88. The van der Waals surface area contributed by atoms with Crippen molar-refractivity contribution in [3.63, 3.8) is 0 Å². The summed E-state index contributed by atoms with van der Waals surface area (Å²) in [6.07, 6.45) is 0.710. The number of aromatic amines is 1. The summed E-state index contributed by atoms with van der Waals surface area (Å²) < 4.78 is 39.9. The Morgan fingerprint density at radius 3 is 2.56 bits per heavy atom. The standard InChI is InChI=1S/C23H27N5O5S/c1-14(2)21(23(29)25-17-7-4-6-16(12-17)22-24-15(3)26-27-22)28-34(30,31)18-8-9-19-20(13-18)33-11-5-10-32-19/h4,6-9,12-14,21,28H,5,10-11H2,1-3H3,(H,25,29)(H,24,26,27). The first-order valence-corrected chi connectivity index (χ1v) is 12.4. The van der Waals surface area contributed by atoms with Gasteiger partial charge in [-0.2, -0.15) is 9.82 Å². The van der Waals surface area contributed by atoms with E-state index in [0.717, 1.165) is 5.56 Å². The van der Waals surface area contributed by atoms with E-state index < -0.39 is 22.0 Å². The number of hydrogen-bond acceptors (Lipinski definition) is 7. The maximum Gasteiger partial charge on any atom is 0.242 e. The summed E-state index contributed by atoms with van der Waals surface area (Å²) in [5.74, 6) is 1.25. The van der Waals surface area contributed by atoms with Gasteiger partial charge < -0.3 is 14.8 Å². The highest BCUT2D eigenvalue weighted by Gasteiger charge is 2.29. The van der Waals surface area contributed by atoms with Crippen molar-refractivity contribution < 1.29 is 22.7 Å². The smallest absolute Gasteiger partial charge is 0.242 e. The fourth-order valence-corrected chi connectivity index (χ4v) is 4.83. The first-order chi connectivity index (χ1) is 16.2. The SMILES string of the molecule is Cc1nc(-c2cccc(NC(=O)C(NS(=O)(=O)c3ccc4c(c3)OCCCO4)C(C)C)c2)n[nH]1. The van der Waals surface area contributed by atoms with Gasteiger partial charge in [0.25, 0.3) is 0 Å². The molecule has 0 saturated heterocycles. The van der Waals surface area contributed by atoms with E-state index in [4.69, 9.17) is 9.47 Å². The average Bonchev–Trinajstić information content (AvgIpc) is 3.10. The van der Waals surface area contributed by atoms with Crippen LogP contribution in [-0.2, 0) is 14.8 Å². The molecular weight excluding hydrogens is 458 g/mol. The van der Waals surface area contributed by atoms with Crippen LogP contribution in [0.3, 0.4) is 0 Å². The number of nitrogens with zero attached hydrogens (tertiary/aromatic N) is 2. The molecule has 0 saturated carbocycles. The molecular formula is C23H27N5O5S. The van der Waals surface area contributed by atoms with E-state index in [1.54, 1.807) is 45.0 Å². The van der Waals surface area contributed by atoms with Crippen LogP contribution in [0.5, 0.6) is 11.5 Å². The zero-order chi connectivity index (χ0) is 24.3. The average molecular weight is 486 g/mol. The Morgan fingerprint density at radius 1 is 1.09 bits per heavy atom. The predicted molar refractivity (Wildman–Crippen MR) is 126 cm³/mol. The Kier molecular flexibility index (Phi) is 6.85. The van der Waals surface area contributed by atoms with Gasteiger partial charge in [-0.05, 0) is 37.1 Å². The first-order valence-electron chi connectivity index (χ1n) is 11.0. The summed E-state index contributed by atoms with van der Waals surface area (Å²) in [4.78, 5) is 17.4. The number of H-pyrrole nitrogens is 1. The van der Waals surface area contributed by atoms with Gasteiger partial charge in [0.2, 0.25) is 15.9 Å². The Morgan fingerprint density at radius 2 is 1.85 bits per heavy atom. The molecule has 1 atom stereocenters. The van der Waals surface area contributed by atoms with Crippen molar-refractivity contribution in [1.82, 2.24) is 19.9 Å². The number of sulfonamides is 1. The lowest BCUT2D eigenvalue weighted by atomic mass is 10.0. The number of carbonyl (C=O) groups excluding carboxylic acids is 1. The fraction of sp³-hybridized carbons (Fsp3) is 0.348. The van der Waals surface area contributed by atoms with Gasteiger partial charge >= 0.3 is 0 Å². The van der Waals surface area contributed by atoms with Gasteiger partial charge in [-0.25, -0.2) is 13.4 Å². The quantitative estimate of drug-likeness (QED) is 0.468. The molecule has 0 fully saturated rings. The molecule has 11 heteroatoms. The van der Waals surface area contributed by atoms with Crippen molar-refractivity contribution in [2.24, 2.45) is 5.92 Å². The Labute approximate surface area is 198 Å². The van der Waals surface area contributed by atoms with E-state index in [9.17, 15) is 13.2 Å². The highest BCUT2D eigenvalue weighted by atomic mass is 32.2. The summed E-state index contributed by atoms with van der Waals surface area (Å²) in [5, 5.41) is 9.71. The van der Waals surface area contributed by atoms with Gasteiger partial charge in [-0.15, -0.1) is 0 Å². The normalized spacial score (nSPS) is 14.5. The third-order valence-electron chi connectivity index (χ3n) is 5.25. The lowest BCUT2D eigenvalue weighted by Crippen LogP contribution is -2.47. The summed E-state index contributed by atoms with van der Waals surface area (Å²) in [6.45, 7) is 6.28. The van der Waals surface area contributed by atoms with Crippen molar-refractivity contribution in [1.29, 1.82) is 0 Å². The maximum atomic E-state index is 13.1. The number of aryl methyl sites for hydroxylation is 1. The van der Waals surface area contributed by atoms with E-state index in [0.29, 0.717) is 48.5 Å². The Balaban J connectivity index is 1.52. The zero-order valence-electron chi connectivity index (χ0n) is 19.2. The summed E-state index contributed by atoms with van der Waals surface area (Å²) in [7, 11) is -4.01. The van der Waals surface area contributed by atoms with E-state index in [1.165, 1.54) is 12.1 Å². The highest BCUT2D eigenvalue weighted by Crippen LogP contribution is 2.32. The van der Waals surface area contributed by atoms with Crippen LogP contribution in [0.2, 0.25) is 0 Å². The zero-order valence-corrected chi connectivity index (χ0v) is 20.0. The molecule has 180 valence electrons. The van der Waals surface area contributed by atoms with E-state index >= 15 is 0 Å². The van der Waals surface area contributed by atoms with E-state index in [1.807, 2.05) is 6.07 Å². The number of aromatic nitrogens is 3. The number of ether oxygens (including phenoxy) is 2. The number of amides is 1. The van der Waals surface area contributed by atoms with Crippen LogP contribution in [0.15, 0.2) is 47.4 Å². The molecule has 2 heterocycles. The van der Waals surface area contributed by atoms with Crippen molar-refractivity contribution in [2.75, 3.05) is 18.5 Å². The number of carbonyl (C=O) groups is 1. The lowest BCUT2D eigenvalue weighted by molar-refractivity contribution is -0.118. The molecule has 1 amide bonds. The molecule has 1 aromatic heterocycles. The molecule has 0 aliphatic carbocycles. The van der Waals surface area contributed by atoms with E-state index in [2.05, 4.69) is 25.2 Å². The second kappa shape index (κ2) is 9.82. The molecule has 3 aromatic rings. The van der Waals surface area contributed by atoms with Crippen LogP contribution in [0.25, 0.3) is 11.4 Å².